The SMILES string of the molecule is CCOCCCn1c2c(c3ccccc31)C(=O)C1=C2CCCC1=O. The largest absolute Gasteiger partial charge is 0.382 e. The third kappa shape index (κ3) is 2.17. The zero-order valence-electron chi connectivity index (χ0n) is 13.9. The number of carbonyl (C=O) groups is 2. The van der Waals surface area contributed by atoms with Crippen LogP contribution in [-0.2, 0) is 16.1 Å². The summed E-state index contributed by atoms with van der Waals surface area (Å²) in [5.41, 5.74) is 4.23. The van der Waals surface area contributed by atoms with Gasteiger partial charge in [-0.15, -0.1) is 0 Å². The van der Waals surface area contributed by atoms with Crippen LogP contribution in [0.2, 0.25) is 0 Å². The van der Waals surface area contributed by atoms with E-state index in [4.69, 9.17) is 4.74 Å². The first-order valence-electron chi connectivity index (χ1n) is 8.74. The molecule has 24 heavy (non-hydrogen) atoms. The lowest BCUT2D eigenvalue weighted by Gasteiger charge is -2.16. The molecule has 0 N–H and O–H groups in total. The lowest BCUT2D eigenvalue weighted by molar-refractivity contribution is -0.115. The van der Waals surface area contributed by atoms with Crippen LogP contribution in [0.25, 0.3) is 16.5 Å². The minimum atomic E-state index is -0.0653. The van der Waals surface area contributed by atoms with Gasteiger partial charge in [0.2, 0.25) is 0 Å². The molecule has 4 nitrogen and oxygen atoms in total. The Morgan fingerprint density at radius 3 is 2.83 bits per heavy atom. The minimum absolute atomic E-state index is 0.0161. The lowest BCUT2D eigenvalue weighted by atomic mass is 9.91. The minimum Gasteiger partial charge on any atom is -0.382 e. The molecule has 1 aromatic carbocycles. The summed E-state index contributed by atoms with van der Waals surface area (Å²) < 4.78 is 7.69. The van der Waals surface area contributed by atoms with Crippen LogP contribution in [0.1, 0.15) is 48.7 Å². The molecule has 4 rings (SSSR count). The van der Waals surface area contributed by atoms with Gasteiger partial charge < -0.3 is 9.30 Å². The first-order chi connectivity index (χ1) is 11.7. The summed E-state index contributed by atoms with van der Waals surface area (Å²) in [7, 11) is 0. The molecule has 0 bridgehead atoms. The Hall–Kier alpha value is -2.20. The highest BCUT2D eigenvalue weighted by atomic mass is 16.5. The Balaban J connectivity index is 1.86. The molecule has 1 heterocycles. The molecule has 0 radical (unpaired) electrons. The highest BCUT2D eigenvalue weighted by Crippen LogP contribution is 2.44. The lowest BCUT2D eigenvalue weighted by Crippen LogP contribution is -2.14. The summed E-state index contributed by atoms with van der Waals surface area (Å²) in [6, 6.07) is 8.02. The number of carbonyl (C=O) groups excluding carboxylic acids is 2. The predicted molar refractivity (Wildman–Crippen MR) is 93.2 cm³/mol. The van der Waals surface area contributed by atoms with Crippen molar-refractivity contribution in [1.82, 2.24) is 4.57 Å². The number of aromatic nitrogens is 1. The van der Waals surface area contributed by atoms with Gasteiger partial charge in [0.25, 0.3) is 0 Å². The van der Waals surface area contributed by atoms with Crippen LogP contribution in [-0.4, -0.2) is 29.3 Å². The Morgan fingerprint density at radius 2 is 2.00 bits per heavy atom. The number of ether oxygens (including phenoxy) is 1. The highest BCUT2D eigenvalue weighted by Gasteiger charge is 2.39. The Kier molecular flexibility index (Phi) is 3.85. The van der Waals surface area contributed by atoms with Crippen LogP contribution < -0.4 is 0 Å². The average Bonchev–Trinajstić information content (AvgIpc) is 3.07. The average molecular weight is 323 g/mol. The quantitative estimate of drug-likeness (QED) is 0.621. The van der Waals surface area contributed by atoms with E-state index in [2.05, 4.69) is 10.6 Å². The molecule has 0 spiro atoms. The van der Waals surface area contributed by atoms with Gasteiger partial charge in [0, 0.05) is 37.1 Å². The smallest absolute Gasteiger partial charge is 0.199 e. The highest BCUT2D eigenvalue weighted by molar-refractivity contribution is 6.38. The number of para-hydroxylation sites is 1. The maximum Gasteiger partial charge on any atom is 0.199 e. The summed E-state index contributed by atoms with van der Waals surface area (Å²) in [4.78, 5) is 25.2. The van der Waals surface area contributed by atoms with Gasteiger partial charge in [-0.2, -0.15) is 0 Å². The summed E-state index contributed by atoms with van der Waals surface area (Å²) in [5, 5.41) is 0.969. The molecule has 1 aromatic heterocycles. The molecule has 2 aliphatic carbocycles. The number of hydrogen-bond donors (Lipinski definition) is 0. The van der Waals surface area contributed by atoms with E-state index in [1.54, 1.807) is 0 Å². The van der Waals surface area contributed by atoms with Crippen LogP contribution in [0.4, 0.5) is 0 Å². The number of aryl methyl sites for hydroxylation is 1. The molecule has 2 aliphatic rings. The van der Waals surface area contributed by atoms with Crippen LogP contribution in [0, 0.1) is 0 Å². The monoisotopic (exact) mass is 323 g/mol. The van der Waals surface area contributed by atoms with Crippen molar-refractivity contribution in [3.05, 3.63) is 41.1 Å². The topological polar surface area (TPSA) is 48.3 Å². The fourth-order valence-electron chi connectivity index (χ4n) is 4.02. The number of hydrogen-bond acceptors (Lipinski definition) is 3. The molecule has 0 unspecified atom stereocenters. The molecular formula is C20H21NO3. The first-order valence-corrected chi connectivity index (χ1v) is 8.74. The fourth-order valence-corrected chi connectivity index (χ4v) is 4.02. The van der Waals surface area contributed by atoms with Crippen LogP contribution in [0.3, 0.4) is 0 Å². The number of ketones is 2. The third-order valence-corrected chi connectivity index (χ3v) is 5.00. The van der Waals surface area contributed by atoms with E-state index in [-0.39, 0.29) is 11.6 Å². The van der Waals surface area contributed by atoms with Crippen molar-refractivity contribution in [2.75, 3.05) is 13.2 Å². The molecule has 0 saturated heterocycles. The number of Topliss-reactive ketones (excluding diaryl/α,β-unsaturated/α-hetero) is 2. The van der Waals surface area contributed by atoms with E-state index in [1.165, 1.54) is 0 Å². The number of allylic oxidation sites excluding steroid dienone is 2. The second kappa shape index (κ2) is 6.02. The van der Waals surface area contributed by atoms with Gasteiger partial charge in [-0.25, -0.2) is 0 Å². The first kappa shape index (κ1) is 15.3. The zero-order valence-corrected chi connectivity index (χ0v) is 13.9. The second-order valence-corrected chi connectivity index (χ2v) is 6.40. The van der Waals surface area contributed by atoms with E-state index in [9.17, 15) is 9.59 Å². The number of rotatable bonds is 5. The molecule has 0 fully saturated rings. The van der Waals surface area contributed by atoms with Crippen LogP contribution >= 0.6 is 0 Å². The maximum absolute atomic E-state index is 12.9. The zero-order chi connectivity index (χ0) is 16.7. The molecule has 2 aromatic rings. The number of benzene rings is 1. The van der Waals surface area contributed by atoms with Crippen molar-refractivity contribution >= 4 is 28.0 Å². The van der Waals surface area contributed by atoms with Gasteiger partial charge in [-0.05, 0) is 37.8 Å². The fraction of sp³-hybridized carbons (Fsp3) is 0.400. The molecule has 0 saturated carbocycles. The van der Waals surface area contributed by atoms with E-state index >= 15 is 0 Å². The van der Waals surface area contributed by atoms with Gasteiger partial charge >= 0.3 is 0 Å². The Morgan fingerprint density at radius 1 is 1.17 bits per heavy atom. The number of nitrogens with zero attached hydrogens (tertiary/aromatic N) is 1. The normalized spacial score (nSPS) is 16.9. The standard InChI is InChI=1S/C20H21NO3/c1-2-24-12-6-11-21-15-9-4-3-7-13(15)18-19(21)14-8-5-10-16(22)17(14)20(18)23/h3-4,7,9H,2,5-6,8,10-12H2,1H3. The van der Waals surface area contributed by atoms with Crippen LogP contribution in [0.5, 0.6) is 0 Å². The van der Waals surface area contributed by atoms with E-state index in [1.807, 2.05) is 25.1 Å². The molecule has 124 valence electrons. The van der Waals surface area contributed by atoms with Crippen molar-refractivity contribution in [1.29, 1.82) is 0 Å². The summed E-state index contributed by atoms with van der Waals surface area (Å²) in [6.45, 7) is 4.21. The van der Waals surface area contributed by atoms with E-state index < -0.39 is 0 Å². The van der Waals surface area contributed by atoms with Crippen molar-refractivity contribution in [2.45, 2.75) is 39.2 Å². The number of fused-ring (bicyclic) bond motifs is 4. The Bertz CT molecular complexity index is 872. The summed E-state index contributed by atoms with van der Waals surface area (Å²) in [5.74, 6) is -0.0492. The van der Waals surface area contributed by atoms with Gasteiger partial charge in [-0.3, -0.25) is 9.59 Å². The molecule has 4 heteroatoms. The molecule has 0 atom stereocenters. The maximum atomic E-state index is 12.9. The second-order valence-electron chi connectivity index (χ2n) is 6.40. The third-order valence-electron chi connectivity index (χ3n) is 5.00. The van der Waals surface area contributed by atoms with Gasteiger partial charge in [0.15, 0.2) is 11.6 Å². The predicted octanol–water partition coefficient (Wildman–Crippen LogP) is 3.77. The summed E-state index contributed by atoms with van der Waals surface area (Å²) >= 11 is 0. The van der Waals surface area contributed by atoms with Crippen LogP contribution in [0.15, 0.2) is 29.8 Å². The van der Waals surface area contributed by atoms with Crippen molar-refractivity contribution in [3.63, 3.8) is 0 Å². The van der Waals surface area contributed by atoms with Gasteiger partial charge in [0.1, 0.15) is 0 Å². The van der Waals surface area contributed by atoms with Gasteiger partial charge in [-0.1, -0.05) is 18.2 Å². The molecule has 0 aliphatic heterocycles. The summed E-state index contributed by atoms with van der Waals surface area (Å²) in [6.07, 6.45) is 3.05. The Labute approximate surface area is 141 Å². The molecular weight excluding hydrogens is 302 g/mol. The molecule has 0 amide bonds. The van der Waals surface area contributed by atoms with Crippen molar-refractivity contribution in [3.8, 4) is 0 Å². The van der Waals surface area contributed by atoms with Crippen molar-refractivity contribution < 1.29 is 14.3 Å². The van der Waals surface area contributed by atoms with Crippen molar-refractivity contribution in [2.24, 2.45) is 0 Å². The van der Waals surface area contributed by atoms with Gasteiger partial charge in [0.05, 0.1) is 16.8 Å². The van der Waals surface area contributed by atoms with E-state index in [0.29, 0.717) is 25.2 Å². The van der Waals surface area contributed by atoms with E-state index in [0.717, 1.165) is 53.5 Å².